The van der Waals surface area contributed by atoms with Crippen LogP contribution < -0.4 is 10.1 Å². The number of benzene rings is 1. The second kappa shape index (κ2) is 8.19. The van der Waals surface area contributed by atoms with Crippen LogP contribution in [0.2, 0.25) is 0 Å². The van der Waals surface area contributed by atoms with E-state index in [0.29, 0.717) is 16.7 Å². The van der Waals surface area contributed by atoms with E-state index < -0.39 is 0 Å². The van der Waals surface area contributed by atoms with Crippen molar-refractivity contribution in [3.8, 4) is 11.8 Å². The highest BCUT2D eigenvalue weighted by Crippen LogP contribution is 2.40. The van der Waals surface area contributed by atoms with E-state index in [-0.39, 0.29) is 18.6 Å². The molecule has 1 amide bonds. The summed E-state index contributed by atoms with van der Waals surface area (Å²) in [5.41, 5.74) is 0.979. The SMILES string of the molecule is CCC(C)(C)C1CCC(NC(=O)COc2ccc(C#N)cc2)CC1. The zero-order valence-corrected chi connectivity index (χ0v) is 15.0. The quantitative estimate of drug-likeness (QED) is 0.857. The Bertz CT molecular complexity index is 579. The Morgan fingerprint density at radius 1 is 1.25 bits per heavy atom. The van der Waals surface area contributed by atoms with Gasteiger partial charge in [0.2, 0.25) is 0 Å². The minimum atomic E-state index is -0.0717. The minimum Gasteiger partial charge on any atom is -0.484 e. The topological polar surface area (TPSA) is 62.1 Å². The molecule has 130 valence electrons. The number of nitrogens with zero attached hydrogens (tertiary/aromatic N) is 1. The molecule has 1 saturated carbocycles. The molecule has 1 aliphatic carbocycles. The molecule has 1 aromatic carbocycles. The summed E-state index contributed by atoms with van der Waals surface area (Å²) in [4.78, 5) is 12.1. The molecule has 0 aromatic heterocycles. The molecular weight excluding hydrogens is 300 g/mol. The van der Waals surface area contributed by atoms with Gasteiger partial charge in [-0.3, -0.25) is 4.79 Å². The number of amides is 1. The van der Waals surface area contributed by atoms with Gasteiger partial charge in [-0.05, 0) is 61.3 Å². The molecule has 0 unspecified atom stereocenters. The maximum Gasteiger partial charge on any atom is 0.258 e. The van der Waals surface area contributed by atoms with E-state index in [1.807, 2.05) is 0 Å². The van der Waals surface area contributed by atoms with E-state index in [1.165, 1.54) is 19.3 Å². The largest absolute Gasteiger partial charge is 0.484 e. The first-order chi connectivity index (χ1) is 11.4. The lowest BCUT2D eigenvalue weighted by Gasteiger charge is -2.39. The maximum absolute atomic E-state index is 12.1. The molecule has 0 spiro atoms. The Morgan fingerprint density at radius 3 is 2.42 bits per heavy atom. The Balaban J connectivity index is 1.72. The highest BCUT2D eigenvalue weighted by atomic mass is 16.5. The van der Waals surface area contributed by atoms with E-state index in [1.54, 1.807) is 24.3 Å². The van der Waals surface area contributed by atoms with Gasteiger partial charge in [-0.15, -0.1) is 0 Å². The second-order valence-corrected chi connectivity index (χ2v) is 7.38. The molecule has 4 heteroatoms. The van der Waals surface area contributed by atoms with Crippen LogP contribution in [0, 0.1) is 22.7 Å². The minimum absolute atomic E-state index is 0.0201. The number of carbonyl (C=O) groups is 1. The first-order valence-corrected chi connectivity index (χ1v) is 8.87. The molecule has 4 nitrogen and oxygen atoms in total. The predicted octanol–water partition coefficient (Wildman–Crippen LogP) is 4.05. The first kappa shape index (κ1) is 18.3. The number of carbonyl (C=O) groups excluding carboxylic acids is 1. The number of rotatable bonds is 6. The van der Waals surface area contributed by atoms with Crippen LogP contribution in [0.4, 0.5) is 0 Å². The molecule has 0 radical (unpaired) electrons. The lowest BCUT2D eigenvalue weighted by molar-refractivity contribution is -0.124. The fourth-order valence-electron chi connectivity index (χ4n) is 3.35. The average Bonchev–Trinajstić information content (AvgIpc) is 2.61. The van der Waals surface area contributed by atoms with Gasteiger partial charge >= 0.3 is 0 Å². The molecule has 1 N–H and O–H groups in total. The molecule has 0 aliphatic heterocycles. The number of hydrogen-bond acceptors (Lipinski definition) is 3. The van der Waals surface area contributed by atoms with Crippen molar-refractivity contribution in [3.05, 3.63) is 29.8 Å². The van der Waals surface area contributed by atoms with Crippen LogP contribution in [-0.4, -0.2) is 18.6 Å². The summed E-state index contributed by atoms with van der Waals surface area (Å²) in [6.45, 7) is 6.98. The van der Waals surface area contributed by atoms with E-state index in [0.717, 1.165) is 18.8 Å². The van der Waals surface area contributed by atoms with E-state index in [2.05, 4.69) is 32.2 Å². The standard InChI is InChI=1S/C20H28N2O2/c1-4-20(2,3)16-7-9-17(10-8-16)22-19(23)14-24-18-11-5-15(13-21)6-12-18/h5-6,11-12,16-17H,4,7-10,14H2,1-3H3,(H,22,23). The van der Waals surface area contributed by atoms with Gasteiger partial charge in [0, 0.05) is 6.04 Å². The molecule has 1 aromatic rings. The van der Waals surface area contributed by atoms with Crippen molar-refractivity contribution in [2.45, 2.75) is 58.9 Å². The van der Waals surface area contributed by atoms with Crippen LogP contribution >= 0.6 is 0 Å². The third kappa shape index (κ3) is 4.99. The third-order valence-electron chi connectivity index (χ3n) is 5.46. The molecule has 0 bridgehead atoms. The molecule has 0 saturated heterocycles. The van der Waals surface area contributed by atoms with Crippen molar-refractivity contribution >= 4 is 5.91 Å². The Morgan fingerprint density at radius 2 is 1.88 bits per heavy atom. The molecule has 1 fully saturated rings. The molecule has 0 heterocycles. The first-order valence-electron chi connectivity index (χ1n) is 8.87. The van der Waals surface area contributed by atoms with Gasteiger partial charge in [0.15, 0.2) is 6.61 Å². The van der Waals surface area contributed by atoms with Gasteiger partial charge in [0.1, 0.15) is 5.75 Å². The summed E-state index contributed by atoms with van der Waals surface area (Å²) in [6.07, 6.45) is 5.67. The fourth-order valence-corrected chi connectivity index (χ4v) is 3.35. The monoisotopic (exact) mass is 328 g/mol. The number of nitriles is 1. The maximum atomic E-state index is 12.1. The van der Waals surface area contributed by atoms with Crippen molar-refractivity contribution in [1.82, 2.24) is 5.32 Å². The van der Waals surface area contributed by atoms with Gasteiger partial charge in [0.25, 0.3) is 5.91 Å². The van der Waals surface area contributed by atoms with Gasteiger partial charge in [0.05, 0.1) is 11.6 Å². The lowest BCUT2D eigenvalue weighted by atomic mass is 9.69. The van der Waals surface area contributed by atoms with E-state index >= 15 is 0 Å². The highest BCUT2D eigenvalue weighted by Gasteiger charge is 2.32. The predicted molar refractivity (Wildman–Crippen MR) is 94.6 cm³/mol. The Labute approximate surface area is 145 Å². The van der Waals surface area contributed by atoms with Crippen molar-refractivity contribution in [2.75, 3.05) is 6.61 Å². The van der Waals surface area contributed by atoms with Crippen molar-refractivity contribution in [1.29, 1.82) is 5.26 Å². The van der Waals surface area contributed by atoms with Crippen molar-refractivity contribution in [2.24, 2.45) is 11.3 Å². The Hall–Kier alpha value is -2.02. The Kier molecular flexibility index (Phi) is 6.25. The molecular formula is C20H28N2O2. The van der Waals surface area contributed by atoms with Crippen LogP contribution in [0.1, 0.15) is 58.4 Å². The molecule has 2 rings (SSSR count). The van der Waals surface area contributed by atoms with Crippen LogP contribution in [-0.2, 0) is 4.79 Å². The zero-order valence-electron chi connectivity index (χ0n) is 15.0. The average molecular weight is 328 g/mol. The lowest BCUT2D eigenvalue weighted by Crippen LogP contribution is -2.41. The summed E-state index contributed by atoms with van der Waals surface area (Å²) in [7, 11) is 0. The highest BCUT2D eigenvalue weighted by molar-refractivity contribution is 5.77. The summed E-state index contributed by atoms with van der Waals surface area (Å²) in [5.74, 6) is 1.29. The van der Waals surface area contributed by atoms with Crippen molar-refractivity contribution < 1.29 is 9.53 Å². The van der Waals surface area contributed by atoms with E-state index in [9.17, 15) is 4.79 Å². The summed E-state index contributed by atoms with van der Waals surface area (Å²) in [6, 6.07) is 9.12. The fraction of sp³-hybridized carbons (Fsp3) is 0.600. The van der Waals surface area contributed by atoms with Crippen LogP contribution in [0.5, 0.6) is 5.75 Å². The molecule has 0 atom stereocenters. The van der Waals surface area contributed by atoms with Crippen LogP contribution in [0.3, 0.4) is 0 Å². The van der Waals surface area contributed by atoms with Gasteiger partial charge < -0.3 is 10.1 Å². The van der Waals surface area contributed by atoms with Gasteiger partial charge in [-0.1, -0.05) is 27.2 Å². The summed E-state index contributed by atoms with van der Waals surface area (Å²) < 4.78 is 5.48. The normalized spacial score (nSPS) is 20.9. The van der Waals surface area contributed by atoms with Crippen molar-refractivity contribution in [3.63, 3.8) is 0 Å². The molecule has 1 aliphatic rings. The smallest absolute Gasteiger partial charge is 0.258 e. The molecule has 24 heavy (non-hydrogen) atoms. The number of nitrogens with one attached hydrogen (secondary N) is 1. The second-order valence-electron chi connectivity index (χ2n) is 7.38. The van der Waals surface area contributed by atoms with Crippen LogP contribution in [0.25, 0.3) is 0 Å². The number of hydrogen-bond donors (Lipinski definition) is 1. The summed E-state index contributed by atoms with van der Waals surface area (Å²) in [5, 5.41) is 11.8. The van der Waals surface area contributed by atoms with Gasteiger partial charge in [-0.25, -0.2) is 0 Å². The number of ether oxygens (including phenoxy) is 1. The summed E-state index contributed by atoms with van der Waals surface area (Å²) >= 11 is 0. The zero-order chi connectivity index (χ0) is 17.6. The van der Waals surface area contributed by atoms with E-state index in [4.69, 9.17) is 10.00 Å². The van der Waals surface area contributed by atoms with Gasteiger partial charge in [-0.2, -0.15) is 5.26 Å². The third-order valence-corrected chi connectivity index (χ3v) is 5.46. The van der Waals surface area contributed by atoms with Crippen LogP contribution in [0.15, 0.2) is 24.3 Å².